The Kier molecular flexibility index (Phi) is 9.53. The molecule has 2 N–H and O–H groups in total. The third kappa shape index (κ3) is 7.04. The molecule has 1 fully saturated rings. The van der Waals surface area contributed by atoms with Crippen molar-refractivity contribution >= 4 is 11.3 Å². The largest absolute Gasteiger partial charge is 0.760 e. The van der Waals surface area contributed by atoms with Crippen LogP contribution in [0.5, 0.6) is 11.5 Å². The zero-order chi connectivity index (χ0) is 22.8. The normalized spacial score (nSPS) is 21.8. The van der Waals surface area contributed by atoms with Crippen LogP contribution in [0, 0.1) is 0 Å². The van der Waals surface area contributed by atoms with Crippen molar-refractivity contribution in [2.75, 3.05) is 20.3 Å². The van der Waals surface area contributed by atoms with Crippen LogP contribution in [0.1, 0.15) is 56.6 Å². The van der Waals surface area contributed by atoms with E-state index in [-0.39, 0.29) is 5.41 Å². The quantitative estimate of drug-likeness (QED) is 0.367. The van der Waals surface area contributed by atoms with E-state index in [1.54, 1.807) is 7.11 Å². The minimum absolute atomic E-state index is 0.218. The number of ether oxygens (including phenoxy) is 2. The molecule has 0 aliphatic heterocycles. The molecular formula is C25H35N2O4S-. The molecule has 1 unspecified atom stereocenters. The molecule has 0 heterocycles. The second-order valence-electron chi connectivity index (χ2n) is 8.57. The molecule has 1 atom stereocenters. The third-order valence-corrected chi connectivity index (χ3v) is 6.82. The Morgan fingerprint density at radius 3 is 2.53 bits per heavy atom. The van der Waals surface area contributed by atoms with Crippen LogP contribution in [-0.4, -0.2) is 35.1 Å². The van der Waals surface area contributed by atoms with Crippen LogP contribution in [0.4, 0.5) is 0 Å². The van der Waals surface area contributed by atoms with Gasteiger partial charge in [0.05, 0.1) is 13.7 Å². The number of hydrogen-bond donors (Lipinski definition) is 2. The van der Waals surface area contributed by atoms with Crippen LogP contribution in [0.3, 0.4) is 0 Å². The molecule has 2 aromatic rings. The first-order valence-electron chi connectivity index (χ1n) is 11.5. The summed E-state index contributed by atoms with van der Waals surface area (Å²) in [5, 5.41) is 3.68. The van der Waals surface area contributed by atoms with Gasteiger partial charge in [-0.3, -0.25) is 4.21 Å². The van der Waals surface area contributed by atoms with Gasteiger partial charge in [0.15, 0.2) is 0 Å². The first kappa shape index (κ1) is 24.7. The highest BCUT2D eigenvalue weighted by atomic mass is 32.2. The number of hydrogen-bond acceptors (Lipinski definition) is 5. The predicted octanol–water partition coefficient (Wildman–Crippen LogP) is 4.23. The molecule has 0 radical (unpaired) electrons. The fraction of sp³-hybridized carbons (Fsp3) is 0.520. The van der Waals surface area contributed by atoms with Crippen molar-refractivity contribution in [3.05, 3.63) is 59.7 Å². The van der Waals surface area contributed by atoms with E-state index < -0.39 is 11.3 Å². The Bertz CT molecular complexity index is 851. The smallest absolute Gasteiger partial charge is 0.119 e. The number of methoxy groups -OCH3 is 1. The van der Waals surface area contributed by atoms with Crippen molar-refractivity contribution in [3.8, 4) is 11.5 Å². The summed E-state index contributed by atoms with van der Waals surface area (Å²) in [6, 6.07) is 16.7. The van der Waals surface area contributed by atoms with Crippen LogP contribution in [-0.2, 0) is 23.2 Å². The minimum atomic E-state index is -2.27. The molecule has 176 valence electrons. The molecule has 0 spiro atoms. The maximum absolute atomic E-state index is 11.2. The SMILES string of the molecule is CCCCOc1ccc(CNC2CCC(CNS(=O)[O-])(c3cccc(OC)c3)CC2)cc1. The Hall–Kier alpha value is -1.93. The number of unbranched alkanes of at least 4 members (excludes halogenated alkanes) is 1. The predicted molar refractivity (Wildman–Crippen MR) is 128 cm³/mol. The highest BCUT2D eigenvalue weighted by Gasteiger charge is 2.37. The maximum atomic E-state index is 11.2. The molecule has 32 heavy (non-hydrogen) atoms. The van der Waals surface area contributed by atoms with Gasteiger partial charge in [-0.1, -0.05) is 37.6 Å². The molecular weight excluding hydrogens is 424 g/mol. The van der Waals surface area contributed by atoms with E-state index in [2.05, 4.69) is 35.2 Å². The Morgan fingerprint density at radius 1 is 1.12 bits per heavy atom. The average Bonchev–Trinajstić information content (AvgIpc) is 2.83. The lowest BCUT2D eigenvalue weighted by atomic mass is 9.68. The van der Waals surface area contributed by atoms with E-state index in [1.807, 2.05) is 30.3 Å². The van der Waals surface area contributed by atoms with Crippen LogP contribution in [0.2, 0.25) is 0 Å². The van der Waals surface area contributed by atoms with Gasteiger partial charge < -0.3 is 19.3 Å². The highest BCUT2D eigenvalue weighted by Crippen LogP contribution is 2.40. The van der Waals surface area contributed by atoms with Gasteiger partial charge in [0, 0.05) is 35.8 Å². The fourth-order valence-electron chi connectivity index (χ4n) is 4.39. The van der Waals surface area contributed by atoms with Crippen LogP contribution in [0.25, 0.3) is 0 Å². The molecule has 1 aliphatic rings. The second-order valence-corrected chi connectivity index (χ2v) is 9.33. The van der Waals surface area contributed by atoms with Crippen molar-refractivity contribution in [2.45, 2.75) is 63.5 Å². The van der Waals surface area contributed by atoms with E-state index in [4.69, 9.17) is 9.47 Å². The topological polar surface area (TPSA) is 82.7 Å². The lowest BCUT2D eigenvalue weighted by Gasteiger charge is -2.41. The molecule has 7 heteroatoms. The number of nitrogens with one attached hydrogen (secondary N) is 2. The van der Waals surface area contributed by atoms with E-state index in [0.29, 0.717) is 12.6 Å². The van der Waals surface area contributed by atoms with Crippen LogP contribution < -0.4 is 19.5 Å². The molecule has 6 nitrogen and oxygen atoms in total. The fourth-order valence-corrected chi connectivity index (χ4v) is 4.79. The van der Waals surface area contributed by atoms with Crippen molar-refractivity contribution in [1.82, 2.24) is 10.0 Å². The maximum Gasteiger partial charge on any atom is 0.119 e. The van der Waals surface area contributed by atoms with Crippen molar-refractivity contribution < 1.29 is 18.2 Å². The molecule has 1 saturated carbocycles. The summed E-state index contributed by atoms with van der Waals surface area (Å²) in [5.41, 5.74) is 2.15. The van der Waals surface area contributed by atoms with Crippen LogP contribution in [0.15, 0.2) is 48.5 Å². The Morgan fingerprint density at radius 2 is 1.88 bits per heavy atom. The van der Waals surface area contributed by atoms with Gasteiger partial charge in [-0.2, -0.15) is 0 Å². The number of benzene rings is 2. The lowest BCUT2D eigenvalue weighted by Crippen LogP contribution is -2.45. The highest BCUT2D eigenvalue weighted by molar-refractivity contribution is 7.77. The van der Waals surface area contributed by atoms with Gasteiger partial charge in [-0.05, 0) is 67.5 Å². The Balaban J connectivity index is 1.56. The average molecular weight is 460 g/mol. The van der Waals surface area contributed by atoms with Crippen molar-refractivity contribution in [1.29, 1.82) is 0 Å². The Labute approximate surface area is 194 Å². The molecule has 1 aliphatic carbocycles. The lowest BCUT2D eigenvalue weighted by molar-refractivity contribution is 0.244. The molecule has 0 saturated heterocycles. The molecule has 3 rings (SSSR count). The molecule has 2 aromatic carbocycles. The van der Waals surface area contributed by atoms with E-state index in [1.165, 1.54) is 5.56 Å². The zero-order valence-electron chi connectivity index (χ0n) is 19.1. The summed E-state index contributed by atoms with van der Waals surface area (Å²) in [7, 11) is 1.65. The van der Waals surface area contributed by atoms with Gasteiger partial charge in [0.2, 0.25) is 0 Å². The van der Waals surface area contributed by atoms with Crippen molar-refractivity contribution in [2.24, 2.45) is 0 Å². The van der Waals surface area contributed by atoms with Gasteiger partial charge in [0.1, 0.15) is 11.5 Å². The summed E-state index contributed by atoms with van der Waals surface area (Å²) in [5.74, 6) is 1.72. The van der Waals surface area contributed by atoms with E-state index in [9.17, 15) is 8.76 Å². The summed E-state index contributed by atoms with van der Waals surface area (Å²) < 4.78 is 36.2. The summed E-state index contributed by atoms with van der Waals surface area (Å²) in [4.78, 5) is 0. The van der Waals surface area contributed by atoms with Crippen LogP contribution >= 0.6 is 0 Å². The second kappa shape index (κ2) is 12.3. The molecule has 0 amide bonds. The van der Waals surface area contributed by atoms with Crippen molar-refractivity contribution in [3.63, 3.8) is 0 Å². The standard InChI is InChI=1S/C25H36N2O4S/c1-3-4-16-31-23-10-8-20(9-11-23)18-26-22-12-14-25(15-13-22,19-27-32(28)29)21-6-5-7-24(17-21)30-2/h5-11,17,22,26-27H,3-4,12-16,18-19H2,1-2H3,(H,28,29)/p-1. The summed E-state index contributed by atoms with van der Waals surface area (Å²) >= 11 is -2.27. The van der Waals surface area contributed by atoms with E-state index >= 15 is 0 Å². The monoisotopic (exact) mass is 459 g/mol. The van der Waals surface area contributed by atoms with Gasteiger partial charge >= 0.3 is 0 Å². The number of rotatable bonds is 12. The summed E-state index contributed by atoms with van der Waals surface area (Å²) in [6.45, 7) is 4.14. The zero-order valence-corrected chi connectivity index (χ0v) is 19.9. The van der Waals surface area contributed by atoms with Gasteiger partial charge in [-0.15, -0.1) is 0 Å². The first-order valence-corrected chi connectivity index (χ1v) is 12.5. The first-order chi connectivity index (χ1) is 15.5. The molecule has 0 bridgehead atoms. The van der Waals surface area contributed by atoms with E-state index in [0.717, 1.165) is 68.7 Å². The molecule has 0 aromatic heterocycles. The minimum Gasteiger partial charge on any atom is -0.760 e. The third-order valence-electron chi connectivity index (χ3n) is 6.44. The van der Waals surface area contributed by atoms with Gasteiger partial charge in [-0.25, -0.2) is 4.72 Å². The van der Waals surface area contributed by atoms with Gasteiger partial charge in [0.25, 0.3) is 0 Å². The summed E-state index contributed by atoms with van der Waals surface area (Å²) in [6.07, 6.45) is 6.00.